The first-order valence-corrected chi connectivity index (χ1v) is 21.8. The van der Waals surface area contributed by atoms with E-state index < -0.39 is 59.8 Å². The Labute approximate surface area is 388 Å². The van der Waals surface area contributed by atoms with Crippen molar-refractivity contribution in [2.75, 3.05) is 7.11 Å². The van der Waals surface area contributed by atoms with E-state index in [9.17, 15) is 50.4 Å². The number of aromatic nitrogens is 10. The molecular weight excluding hydrogens is 925 g/mol. The van der Waals surface area contributed by atoms with Gasteiger partial charge in [0.05, 0.1) is 61.1 Å². The Morgan fingerprint density at radius 3 is 1.51 bits per heavy atom. The van der Waals surface area contributed by atoms with Gasteiger partial charge in [-0.05, 0) is 118 Å². The van der Waals surface area contributed by atoms with Crippen LogP contribution in [0.1, 0.15) is 115 Å². The lowest BCUT2D eigenvalue weighted by atomic mass is 10.1. The summed E-state index contributed by atoms with van der Waals surface area (Å²) in [6.07, 6.45) is -7.29. The quantitative estimate of drug-likeness (QED) is 0.0792. The fourth-order valence-corrected chi connectivity index (χ4v) is 7.46. The Morgan fingerprint density at radius 1 is 0.638 bits per heavy atom. The number of rotatable bonds is 16. The number of hydrogen-bond donors (Lipinski definition) is 3. The zero-order valence-electron chi connectivity index (χ0n) is 37.2. The van der Waals surface area contributed by atoms with Gasteiger partial charge in [-0.15, -0.1) is 10.2 Å². The van der Waals surface area contributed by atoms with Crippen molar-refractivity contribution in [3.8, 4) is 17.1 Å². The van der Waals surface area contributed by atoms with Gasteiger partial charge in [-0.1, -0.05) is 22.6 Å². The van der Waals surface area contributed by atoms with Crippen molar-refractivity contribution in [1.29, 1.82) is 0 Å². The van der Waals surface area contributed by atoms with Crippen LogP contribution in [-0.2, 0) is 36.8 Å². The number of aliphatic hydroxyl groups is 3. The summed E-state index contributed by atoms with van der Waals surface area (Å²) in [5.41, 5.74) is -1.45. The van der Waals surface area contributed by atoms with Gasteiger partial charge in [-0.3, -0.25) is 9.36 Å². The summed E-state index contributed by atoms with van der Waals surface area (Å²) in [5.74, 6) is 0.397. The van der Waals surface area contributed by atoms with Crippen LogP contribution < -0.4 is 4.74 Å². The highest BCUT2D eigenvalue weighted by atomic mass is 19.4. The van der Waals surface area contributed by atoms with E-state index in [1.165, 1.54) is 37.5 Å². The van der Waals surface area contributed by atoms with Crippen molar-refractivity contribution in [1.82, 2.24) is 49.5 Å². The summed E-state index contributed by atoms with van der Waals surface area (Å²) in [4.78, 5) is 0. The van der Waals surface area contributed by atoms with E-state index in [2.05, 4.69) is 30.8 Å². The summed E-state index contributed by atoms with van der Waals surface area (Å²) in [6, 6.07) is 15.5. The highest BCUT2D eigenvalue weighted by Gasteiger charge is 2.39. The van der Waals surface area contributed by atoms with E-state index in [4.69, 9.17) is 9.47 Å². The molecule has 15 nitrogen and oxygen atoms in total. The van der Waals surface area contributed by atoms with Crippen molar-refractivity contribution >= 4 is 0 Å². The molecule has 3 N–H and O–H groups in total. The second kappa shape index (κ2) is 19.8. The lowest BCUT2D eigenvalue weighted by Crippen LogP contribution is -2.14. The fourth-order valence-electron chi connectivity index (χ4n) is 7.46. The Kier molecular flexibility index (Phi) is 14.0. The third-order valence-corrected chi connectivity index (χ3v) is 11.6. The van der Waals surface area contributed by atoms with Crippen LogP contribution in [0.4, 0.5) is 35.1 Å². The first-order valence-electron chi connectivity index (χ1n) is 21.8. The molecule has 0 aliphatic heterocycles. The maximum Gasteiger partial charge on any atom is 0.435 e. The Bertz CT molecular complexity index is 2870. The molecular formula is C46H46F8N10O5. The maximum absolute atomic E-state index is 14.4. The molecule has 0 radical (unpaired) electrons. The molecule has 9 rings (SSSR count). The molecule has 2 unspecified atom stereocenters. The summed E-state index contributed by atoms with van der Waals surface area (Å²) < 4.78 is 125. The number of alkyl halides is 6. The van der Waals surface area contributed by atoms with Gasteiger partial charge in [-0.25, -0.2) is 18.1 Å². The minimum atomic E-state index is -4.78. The van der Waals surface area contributed by atoms with E-state index in [1.54, 1.807) is 35.5 Å². The van der Waals surface area contributed by atoms with Crippen LogP contribution >= 0.6 is 0 Å². The summed E-state index contributed by atoms with van der Waals surface area (Å²) in [5, 5.41) is 55.0. The van der Waals surface area contributed by atoms with Gasteiger partial charge >= 0.3 is 12.4 Å². The number of benzene rings is 3. The van der Waals surface area contributed by atoms with Crippen molar-refractivity contribution in [3.05, 3.63) is 148 Å². The molecule has 0 saturated heterocycles. The van der Waals surface area contributed by atoms with E-state index >= 15 is 0 Å². The van der Waals surface area contributed by atoms with Gasteiger partial charge < -0.3 is 24.8 Å². The van der Waals surface area contributed by atoms with Crippen LogP contribution in [0.5, 0.6) is 5.75 Å². The zero-order valence-corrected chi connectivity index (χ0v) is 37.2. The minimum Gasteiger partial charge on any atom is -0.497 e. The third-order valence-electron chi connectivity index (χ3n) is 11.6. The zero-order chi connectivity index (χ0) is 49.4. The van der Waals surface area contributed by atoms with E-state index in [-0.39, 0.29) is 51.9 Å². The highest BCUT2D eigenvalue weighted by molar-refractivity contribution is 5.46. The second-order valence-corrected chi connectivity index (χ2v) is 17.0. The van der Waals surface area contributed by atoms with Gasteiger partial charge in [0.1, 0.15) is 41.0 Å². The van der Waals surface area contributed by atoms with E-state index in [1.807, 2.05) is 12.1 Å². The van der Waals surface area contributed by atoms with Crippen molar-refractivity contribution < 1.29 is 59.9 Å². The molecule has 4 heterocycles. The molecule has 3 aromatic carbocycles. The molecule has 4 aromatic heterocycles. The van der Waals surface area contributed by atoms with Crippen molar-refractivity contribution in [2.24, 2.45) is 11.8 Å². The standard InChI is InChI=1S/C27H27F4N5O3.C19H19F4N5O2/c1-16(39-15-18-5-8-20(38-2)9-6-18)21-11-19(28)7-10-23(21)36-24(12-25(33-36)27(29,30)31)26(37)22-14-35(34-32-22)13-17-3-4-17;1-10(29)13-6-12(20)4-5-15(13)28-16(7-17(25-28)19(21,22)23)18(30)14-9-27(26-24-14)8-11-2-3-11/h5-12,14,16-17,26,37H,3-4,13,15H2,1-2H3;4-7,9-11,18,29-30H,2-3,8H2,1H3/t16-,26?;10-,18?/m11/s1. The second-order valence-electron chi connectivity index (χ2n) is 17.0. The first kappa shape index (κ1) is 48.9. The molecule has 2 aliphatic carbocycles. The number of halogens is 8. The average molecular weight is 971 g/mol. The molecule has 23 heteroatoms. The van der Waals surface area contributed by atoms with Crippen molar-refractivity contribution in [3.63, 3.8) is 0 Å². The molecule has 69 heavy (non-hydrogen) atoms. The maximum atomic E-state index is 14.4. The molecule has 0 amide bonds. The highest BCUT2D eigenvalue weighted by Crippen LogP contribution is 2.38. The van der Waals surface area contributed by atoms with Gasteiger partial charge in [0, 0.05) is 24.2 Å². The molecule has 7 aromatic rings. The molecule has 2 saturated carbocycles. The largest absolute Gasteiger partial charge is 0.497 e. The summed E-state index contributed by atoms with van der Waals surface area (Å²) >= 11 is 0. The summed E-state index contributed by atoms with van der Waals surface area (Å²) in [7, 11) is 1.56. The number of aliphatic hydroxyl groups excluding tert-OH is 3. The number of nitrogens with zero attached hydrogens (tertiary/aromatic N) is 10. The van der Waals surface area contributed by atoms with Gasteiger partial charge in [-0.2, -0.15) is 36.5 Å². The predicted molar refractivity (Wildman–Crippen MR) is 227 cm³/mol. The van der Waals surface area contributed by atoms with Crippen LogP contribution in [0, 0.1) is 23.5 Å². The smallest absolute Gasteiger partial charge is 0.435 e. The normalized spacial score (nSPS) is 15.9. The number of methoxy groups -OCH3 is 1. The Hall–Kier alpha value is -6.56. The molecule has 4 atom stereocenters. The number of ether oxygens (including phenoxy) is 2. The van der Waals surface area contributed by atoms with Gasteiger partial charge in [0.25, 0.3) is 0 Å². The van der Waals surface area contributed by atoms with Crippen LogP contribution in [0.2, 0.25) is 0 Å². The van der Waals surface area contributed by atoms with Gasteiger partial charge in [0.2, 0.25) is 0 Å². The molecule has 0 bridgehead atoms. The van der Waals surface area contributed by atoms with Crippen LogP contribution in [0.3, 0.4) is 0 Å². The molecule has 366 valence electrons. The van der Waals surface area contributed by atoms with E-state index in [0.717, 1.165) is 64.9 Å². The monoisotopic (exact) mass is 970 g/mol. The SMILES string of the molecule is COc1ccc(CO[C@H](C)c2cc(F)ccc2-n2nc(C(F)(F)F)cc2C(O)c2cn(CC3CC3)nn2)cc1.C[C@@H](O)c1cc(F)ccc1-n1nc(C(F)(F)F)cc1C(O)c1cn(CC2CC2)nn1. The fraction of sp³-hybridized carbons (Fsp3) is 0.391. The van der Waals surface area contributed by atoms with Crippen LogP contribution in [-0.4, -0.2) is 72.0 Å². The lowest BCUT2D eigenvalue weighted by Gasteiger charge is -2.20. The third kappa shape index (κ3) is 11.7. The van der Waals surface area contributed by atoms with Crippen LogP contribution in [0.25, 0.3) is 11.4 Å². The lowest BCUT2D eigenvalue weighted by molar-refractivity contribution is -0.142. The predicted octanol–water partition coefficient (Wildman–Crippen LogP) is 8.57. The molecule has 2 aliphatic rings. The summed E-state index contributed by atoms with van der Waals surface area (Å²) in [6.45, 7) is 4.42. The number of hydrogen-bond acceptors (Lipinski definition) is 11. The van der Waals surface area contributed by atoms with Crippen LogP contribution in [0.15, 0.2) is 85.2 Å². The Balaban J connectivity index is 0.000000192. The first-order chi connectivity index (χ1) is 32.7. The van der Waals surface area contributed by atoms with E-state index in [0.29, 0.717) is 36.7 Å². The molecule has 2 fully saturated rings. The average Bonchev–Trinajstić information content (AvgIpc) is 4.01. The Morgan fingerprint density at radius 2 is 1.09 bits per heavy atom. The molecule has 0 spiro atoms. The van der Waals surface area contributed by atoms with Crippen molar-refractivity contribution in [2.45, 2.75) is 96.0 Å². The topological polar surface area (TPSA) is 176 Å². The minimum absolute atomic E-state index is 0.0151. The van der Waals surface area contributed by atoms with Gasteiger partial charge in [0.15, 0.2) is 11.4 Å².